The number of nitrogens with zero attached hydrogens (tertiary/aromatic N) is 4. The highest BCUT2D eigenvalue weighted by Crippen LogP contribution is 2.14. The van der Waals surface area contributed by atoms with Gasteiger partial charge in [0.2, 0.25) is 5.95 Å². The number of hydrogen-bond acceptors (Lipinski definition) is 6. The topological polar surface area (TPSA) is 84.6 Å². The molecular weight excluding hydrogens is 246 g/mol. The normalized spacial score (nSPS) is 15.5. The molecule has 7 heteroatoms. The van der Waals surface area contributed by atoms with E-state index < -0.39 is 0 Å². The summed E-state index contributed by atoms with van der Waals surface area (Å²) < 4.78 is 4.98. The Kier molecular flexibility index (Phi) is 4.03. The third-order valence-electron chi connectivity index (χ3n) is 2.95. The highest BCUT2D eigenvalue weighted by atomic mass is 16.6. The van der Waals surface area contributed by atoms with Crippen molar-refractivity contribution in [3.8, 4) is 0 Å². The lowest BCUT2D eigenvalue weighted by atomic mass is 10.3. The number of ether oxygens (including phenoxy) is 1. The summed E-state index contributed by atoms with van der Waals surface area (Å²) >= 11 is 0. The Morgan fingerprint density at radius 2 is 2.05 bits per heavy atom. The first-order valence-corrected chi connectivity index (χ1v) is 6.38. The Hall–Kier alpha value is -2.05. The van der Waals surface area contributed by atoms with Gasteiger partial charge in [0.25, 0.3) is 0 Å². The van der Waals surface area contributed by atoms with Crippen molar-refractivity contribution in [3.63, 3.8) is 0 Å². The van der Waals surface area contributed by atoms with E-state index in [1.165, 1.54) is 0 Å². The molecule has 0 radical (unpaired) electrons. The van der Waals surface area contributed by atoms with Crippen molar-refractivity contribution in [2.75, 3.05) is 43.4 Å². The molecule has 1 aromatic heterocycles. The number of anilines is 2. The minimum absolute atomic E-state index is 0.258. The molecule has 1 saturated heterocycles. The molecule has 2 heterocycles. The molecule has 0 unspecified atom stereocenters. The minimum Gasteiger partial charge on any atom is -0.450 e. The van der Waals surface area contributed by atoms with Crippen LogP contribution in [0.15, 0.2) is 6.07 Å². The largest absolute Gasteiger partial charge is 0.450 e. The van der Waals surface area contributed by atoms with Crippen molar-refractivity contribution in [1.29, 1.82) is 0 Å². The van der Waals surface area contributed by atoms with E-state index in [9.17, 15) is 4.79 Å². The van der Waals surface area contributed by atoms with Gasteiger partial charge in [0.1, 0.15) is 5.82 Å². The van der Waals surface area contributed by atoms with Crippen LogP contribution in [-0.4, -0.2) is 53.7 Å². The molecule has 0 bridgehead atoms. The number of nitrogens with two attached hydrogens (primary N) is 1. The van der Waals surface area contributed by atoms with E-state index in [0.717, 1.165) is 5.69 Å². The first kappa shape index (κ1) is 13.4. The number of rotatable bonds is 2. The van der Waals surface area contributed by atoms with Crippen molar-refractivity contribution in [2.45, 2.75) is 13.8 Å². The lowest BCUT2D eigenvalue weighted by molar-refractivity contribution is 0.105. The number of hydrogen-bond donors (Lipinski definition) is 1. The van der Waals surface area contributed by atoms with Crippen LogP contribution < -0.4 is 10.6 Å². The molecule has 0 saturated carbocycles. The van der Waals surface area contributed by atoms with Gasteiger partial charge in [-0.05, 0) is 13.8 Å². The highest BCUT2D eigenvalue weighted by molar-refractivity contribution is 5.68. The molecule has 104 valence electrons. The van der Waals surface area contributed by atoms with Crippen LogP contribution in [0.3, 0.4) is 0 Å². The fraction of sp³-hybridized carbons (Fsp3) is 0.583. The maximum Gasteiger partial charge on any atom is 0.409 e. The summed E-state index contributed by atoms with van der Waals surface area (Å²) in [6.07, 6.45) is -0.258. The van der Waals surface area contributed by atoms with Crippen LogP contribution in [0, 0.1) is 6.92 Å². The van der Waals surface area contributed by atoms with Gasteiger partial charge in [0, 0.05) is 37.9 Å². The molecule has 1 aliphatic heterocycles. The summed E-state index contributed by atoms with van der Waals surface area (Å²) in [5, 5.41) is 0. The standard InChI is InChI=1S/C12H19N5O2/c1-3-19-12(18)17-6-4-16(5-7-17)11-14-9(2)8-10(13)15-11/h8H,3-7H2,1-2H3,(H2,13,14,15). The molecule has 1 aromatic rings. The lowest BCUT2D eigenvalue weighted by Gasteiger charge is -2.34. The first-order chi connectivity index (χ1) is 9.10. The van der Waals surface area contributed by atoms with Gasteiger partial charge in [-0.1, -0.05) is 0 Å². The third kappa shape index (κ3) is 3.24. The Labute approximate surface area is 112 Å². The Bertz CT molecular complexity index is 437. The summed E-state index contributed by atoms with van der Waals surface area (Å²) in [7, 11) is 0. The fourth-order valence-electron chi connectivity index (χ4n) is 2.02. The summed E-state index contributed by atoms with van der Waals surface area (Å²) in [5.74, 6) is 1.09. The van der Waals surface area contributed by atoms with Crippen LogP contribution in [0.4, 0.5) is 16.6 Å². The molecule has 0 aromatic carbocycles. The third-order valence-corrected chi connectivity index (χ3v) is 2.95. The molecule has 1 aliphatic rings. The van der Waals surface area contributed by atoms with Gasteiger partial charge in [-0.25, -0.2) is 9.78 Å². The number of piperazine rings is 1. The van der Waals surface area contributed by atoms with Gasteiger partial charge >= 0.3 is 6.09 Å². The lowest BCUT2D eigenvalue weighted by Crippen LogP contribution is -2.49. The predicted molar refractivity (Wildman–Crippen MR) is 72.0 cm³/mol. The maximum absolute atomic E-state index is 11.6. The average molecular weight is 265 g/mol. The number of aromatic nitrogens is 2. The molecule has 2 N–H and O–H groups in total. The number of amides is 1. The van der Waals surface area contributed by atoms with E-state index in [4.69, 9.17) is 10.5 Å². The van der Waals surface area contributed by atoms with Gasteiger partial charge < -0.3 is 20.3 Å². The Balaban J connectivity index is 1.97. The zero-order valence-electron chi connectivity index (χ0n) is 11.3. The number of aryl methyl sites for hydroxylation is 1. The zero-order valence-corrected chi connectivity index (χ0v) is 11.3. The van der Waals surface area contributed by atoms with Crippen LogP contribution in [0.1, 0.15) is 12.6 Å². The van der Waals surface area contributed by atoms with Gasteiger partial charge in [-0.15, -0.1) is 0 Å². The van der Waals surface area contributed by atoms with Gasteiger partial charge in [-0.3, -0.25) is 0 Å². The molecule has 1 fully saturated rings. The summed E-state index contributed by atoms with van der Waals surface area (Å²) in [4.78, 5) is 23.9. The maximum atomic E-state index is 11.6. The van der Waals surface area contributed by atoms with Gasteiger partial charge in [-0.2, -0.15) is 4.98 Å². The zero-order chi connectivity index (χ0) is 13.8. The van der Waals surface area contributed by atoms with E-state index in [1.54, 1.807) is 17.9 Å². The van der Waals surface area contributed by atoms with Gasteiger partial charge in [0.05, 0.1) is 6.61 Å². The predicted octanol–water partition coefficient (Wildman–Crippen LogP) is 0.646. The van der Waals surface area contributed by atoms with Crippen LogP contribution >= 0.6 is 0 Å². The second-order valence-corrected chi connectivity index (χ2v) is 4.41. The second kappa shape index (κ2) is 5.73. The molecule has 0 spiro atoms. The molecule has 7 nitrogen and oxygen atoms in total. The second-order valence-electron chi connectivity index (χ2n) is 4.41. The number of carbonyl (C=O) groups is 1. The molecule has 1 amide bonds. The van der Waals surface area contributed by atoms with E-state index in [0.29, 0.717) is 44.6 Å². The molecule has 0 atom stereocenters. The SMILES string of the molecule is CCOC(=O)N1CCN(c2nc(C)cc(N)n2)CC1. The molecular formula is C12H19N5O2. The first-order valence-electron chi connectivity index (χ1n) is 6.38. The van der Waals surface area contributed by atoms with Crippen molar-refractivity contribution >= 4 is 17.9 Å². The Morgan fingerprint density at radius 3 is 2.63 bits per heavy atom. The smallest absolute Gasteiger partial charge is 0.409 e. The monoisotopic (exact) mass is 265 g/mol. The van der Waals surface area contributed by atoms with Crippen molar-refractivity contribution < 1.29 is 9.53 Å². The quantitative estimate of drug-likeness (QED) is 0.845. The van der Waals surface area contributed by atoms with Crippen molar-refractivity contribution in [1.82, 2.24) is 14.9 Å². The van der Waals surface area contributed by atoms with Crippen LogP contribution in [0.2, 0.25) is 0 Å². The van der Waals surface area contributed by atoms with E-state index >= 15 is 0 Å². The van der Waals surface area contributed by atoms with Crippen molar-refractivity contribution in [3.05, 3.63) is 11.8 Å². The van der Waals surface area contributed by atoms with E-state index in [1.807, 2.05) is 11.8 Å². The molecule has 2 rings (SSSR count). The fourth-order valence-corrected chi connectivity index (χ4v) is 2.02. The van der Waals surface area contributed by atoms with E-state index in [-0.39, 0.29) is 6.09 Å². The summed E-state index contributed by atoms with van der Waals surface area (Å²) in [5.41, 5.74) is 6.56. The van der Waals surface area contributed by atoms with Gasteiger partial charge in [0.15, 0.2) is 0 Å². The number of carbonyl (C=O) groups excluding carboxylic acids is 1. The molecule has 0 aliphatic carbocycles. The van der Waals surface area contributed by atoms with E-state index in [2.05, 4.69) is 9.97 Å². The minimum atomic E-state index is -0.258. The molecule has 19 heavy (non-hydrogen) atoms. The average Bonchev–Trinajstić information content (AvgIpc) is 2.38. The van der Waals surface area contributed by atoms with Crippen LogP contribution in [0.25, 0.3) is 0 Å². The summed E-state index contributed by atoms with van der Waals surface area (Å²) in [6.45, 7) is 6.67. The van der Waals surface area contributed by atoms with Crippen LogP contribution in [-0.2, 0) is 4.74 Å². The van der Waals surface area contributed by atoms with Crippen molar-refractivity contribution in [2.24, 2.45) is 0 Å². The van der Waals surface area contributed by atoms with Crippen LogP contribution in [0.5, 0.6) is 0 Å². The number of nitrogen functional groups attached to an aromatic ring is 1. The highest BCUT2D eigenvalue weighted by Gasteiger charge is 2.23. The Morgan fingerprint density at radius 1 is 1.37 bits per heavy atom. The summed E-state index contributed by atoms with van der Waals surface area (Å²) in [6, 6.07) is 1.73.